The van der Waals surface area contributed by atoms with Gasteiger partial charge in [0.05, 0.1) is 18.4 Å². The zero-order valence-corrected chi connectivity index (χ0v) is 17.4. The largest absolute Gasteiger partial charge is 0.503 e. The minimum atomic E-state index is -1.08. The van der Waals surface area contributed by atoms with Crippen LogP contribution in [0.1, 0.15) is 22.3 Å². The van der Waals surface area contributed by atoms with Crippen LogP contribution in [-0.4, -0.2) is 28.9 Å². The van der Waals surface area contributed by atoms with E-state index in [1.165, 1.54) is 37.6 Å². The minimum absolute atomic E-state index is 0.0779. The minimum Gasteiger partial charge on any atom is -0.503 e. The first-order valence-corrected chi connectivity index (χ1v) is 10.0. The summed E-state index contributed by atoms with van der Waals surface area (Å²) in [5.74, 6) is -2.47. The average molecular weight is 444 g/mol. The first-order valence-electron chi connectivity index (χ1n) is 10.0. The number of benzene rings is 2. The van der Waals surface area contributed by atoms with Crippen LogP contribution in [0.4, 0.5) is 10.1 Å². The number of anilines is 1. The second-order valence-corrected chi connectivity index (χ2v) is 7.39. The molecule has 0 aliphatic carbocycles. The van der Waals surface area contributed by atoms with Gasteiger partial charge in [-0.1, -0.05) is 24.3 Å². The van der Waals surface area contributed by atoms with E-state index in [1.54, 1.807) is 36.4 Å². The van der Waals surface area contributed by atoms with Gasteiger partial charge in [0, 0.05) is 17.3 Å². The number of amides is 1. The lowest BCUT2D eigenvalue weighted by Crippen LogP contribution is -2.31. The van der Waals surface area contributed by atoms with Crippen LogP contribution in [0.5, 0.6) is 5.75 Å². The number of ether oxygens (including phenoxy) is 1. The number of carbonyl (C=O) groups is 2. The first kappa shape index (κ1) is 20.4. The highest BCUT2D eigenvalue weighted by molar-refractivity contribution is 6.20. The van der Waals surface area contributed by atoms with Crippen LogP contribution in [0.25, 0.3) is 11.0 Å². The number of pyridine rings is 1. The maximum absolute atomic E-state index is 14.0. The van der Waals surface area contributed by atoms with Crippen molar-refractivity contribution < 1.29 is 28.2 Å². The Balaban J connectivity index is 1.66. The summed E-state index contributed by atoms with van der Waals surface area (Å²) in [5.41, 5.74) is 0.664. The molecule has 0 spiro atoms. The van der Waals surface area contributed by atoms with Gasteiger partial charge in [0.1, 0.15) is 11.9 Å². The SMILES string of the molecule is COc1cccc2cc(C(=O)C3=C(O)C(=O)N(c4cccc(F)c4)C3c3ccccn3)oc12. The average Bonchev–Trinajstić information content (AvgIpc) is 3.38. The smallest absolute Gasteiger partial charge is 0.294 e. The van der Waals surface area contributed by atoms with Crippen molar-refractivity contribution in [2.75, 3.05) is 12.0 Å². The van der Waals surface area contributed by atoms with E-state index in [1.807, 2.05) is 0 Å². The van der Waals surface area contributed by atoms with Crippen molar-refractivity contribution in [3.63, 3.8) is 0 Å². The van der Waals surface area contributed by atoms with Gasteiger partial charge in [-0.3, -0.25) is 19.5 Å². The highest BCUT2D eigenvalue weighted by atomic mass is 19.1. The molecular formula is C25H17FN2O5. The summed E-state index contributed by atoms with van der Waals surface area (Å²) in [5, 5.41) is 11.4. The molecule has 4 aromatic rings. The molecule has 0 saturated heterocycles. The summed E-state index contributed by atoms with van der Waals surface area (Å²) >= 11 is 0. The molecule has 1 aliphatic rings. The molecule has 7 nitrogen and oxygen atoms in total. The van der Waals surface area contributed by atoms with Crippen molar-refractivity contribution in [1.82, 2.24) is 4.98 Å². The fraction of sp³-hybridized carbons (Fsp3) is 0.0800. The maximum atomic E-state index is 14.0. The lowest BCUT2D eigenvalue weighted by molar-refractivity contribution is -0.117. The molecule has 0 saturated carbocycles. The van der Waals surface area contributed by atoms with Crippen molar-refractivity contribution in [2.24, 2.45) is 0 Å². The van der Waals surface area contributed by atoms with Crippen LogP contribution in [0.3, 0.4) is 0 Å². The topological polar surface area (TPSA) is 92.9 Å². The fourth-order valence-corrected chi connectivity index (χ4v) is 3.99. The summed E-state index contributed by atoms with van der Waals surface area (Å²) in [6, 6.07) is 16.0. The third kappa shape index (κ3) is 3.32. The van der Waals surface area contributed by atoms with Gasteiger partial charge in [0.25, 0.3) is 5.91 Å². The number of halogens is 1. The maximum Gasteiger partial charge on any atom is 0.294 e. The number of aliphatic hydroxyl groups is 1. The molecule has 33 heavy (non-hydrogen) atoms. The van der Waals surface area contributed by atoms with E-state index in [4.69, 9.17) is 9.15 Å². The standard InChI is InChI=1S/C25H17FN2O5/c1-32-18-10-4-6-14-12-19(33-24(14)18)22(29)20-21(17-9-2-3-11-27-17)28(25(31)23(20)30)16-8-5-7-15(26)13-16/h2-13,21,30H,1H3. The van der Waals surface area contributed by atoms with Gasteiger partial charge in [0.2, 0.25) is 5.78 Å². The summed E-state index contributed by atoms with van der Waals surface area (Å²) in [7, 11) is 1.48. The van der Waals surface area contributed by atoms with Crippen molar-refractivity contribution in [3.05, 3.63) is 102 Å². The molecule has 1 N–H and O–H groups in total. The van der Waals surface area contributed by atoms with Crippen LogP contribution in [-0.2, 0) is 4.79 Å². The van der Waals surface area contributed by atoms with Crippen LogP contribution in [0.15, 0.2) is 88.7 Å². The highest BCUT2D eigenvalue weighted by Crippen LogP contribution is 2.42. The second kappa shape index (κ2) is 7.90. The van der Waals surface area contributed by atoms with Gasteiger partial charge in [-0.2, -0.15) is 0 Å². The Labute approximate surface area is 187 Å². The summed E-state index contributed by atoms with van der Waals surface area (Å²) in [6.45, 7) is 0. The van der Waals surface area contributed by atoms with Crippen LogP contribution in [0.2, 0.25) is 0 Å². The van der Waals surface area contributed by atoms with Gasteiger partial charge < -0.3 is 14.3 Å². The molecule has 5 rings (SSSR count). The van der Waals surface area contributed by atoms with Gasteiger partial charge in [0.15, 0.2) is 22.9 Å². The molecule has 164 valence electrons. The van der Waals surface area contributed by atoms with Crippen LogP contribution >= 0.6 is 0 Å². The first-order chi connectivity index (χ1) is 16.0. The van der Waals surface area contributed by atoms with Crippen LogP contribution < -0.4 is 9.64 Å². The van der Waals surface area contributed by atoms with Gasteiger partial charge in [-0.25, -0.2) is 4.39 Å². The number of ketones is 1. The number of Topliss-reactive ketones (excluding diaryl/α,β-unsaturated/α-hetero) is 1. The van der Waals surface area contributed by atoms with E-state index in [0.717, 1.165) is 11.0 Å². The zero-order chi connectivity index (χ0) is 23.1. The summed E-state index contributed by atoms with van der Waals surface area (Å²) in [6.07, 6.45) is 1.51. The molecule has 0 radical (unpaired) electrons. The quantitative estimate of drug-likeness (QED) is 0.446. The van der Waals surface area contributed by atoms with Gasteiger partial charge in [-0.05, 0) is 42.5 Å². The Bertz CT molecular complexity index is 1430. The zero-order valence-electron chi connectivity index (χ0n) is 17.4. The molecule has 2 aromatic heterocycles. The Hall–Kier alpha value is -4.46. The Morgan fingerprint density at radius 2 is 1.94 bits per heavy atom. The molecule has 1 amide bonds. The molecular weight excluding hydrogens is 427 g/mol. The number of rotatable bonds is 5. The molecule has 2 aromatic carbocycles. The summed E-state index contributed by atoms with van der Waals surface area (Å²) in [4.78, 5) is 32.1. The van der Waals surface area contributed by atoms with E-state index in [-0.39, 0.29) is 17.0 Å². The molecule has 1 unspecified atom stereocenters. The lowest BCUT2D eigenvalue weighted by atomic mass is 9.98. The molecule has 0 fully saturated rings. The Kier molecular flexibility index (Phi) is 4.90. The fourth-order valence-electron chi connectivity index (χ4n) is 3.99. The van der Waals surface area contributed by atoms with Crippen molar-refractivity contribution >= 4 is 28.3 Å². The predicted molar refractivity (Wildman–Crippen MR) is 118 cm³/mol. The number of hydrogen-bond acceptors (Lipinski definition) is 6. The molecule has 0 bridgehead atoms. The number of methoxy groups -OCH3 is 1. The Morgan fingerprint density at radius 3 is 2.67 bits per heavy atom. The second-order valence-electron chi connectivity index (χ2n) is 7.39. The number of para-hydroxylation sites is 1. The van der Waals surface area contributed by atoms with Gasteiger partial charge >= 0.3 is 0 Å². The van der Waals surface area contributed by atoms with E-state index < -0.39 is 29.3 Å². The van der Waals surface area contributed by atoms with Crippen molar-refractivity contribution in [1.29, 1.82) is 0 Å². The van der Waals surface area contributed by atoms with E-state index in [2.05, 4.69) is 4.98 Å². The van der Waals surface area contributed by atoms with E-state index in [0.29, 0.717) is 22.4 Å². The van der Waals surface area contributed by atoms with Crippen molar-refractivity contribution in [2.45, 2.75) is 6.04 Å². The monoisotopic (exact) mass is 444 g/mol. The van der Waals surface area contributed by atoms with E-state index >= 15 is 0 Å². The predicted octanol–water partition coefficient (Wildman–Crippen LogP) is 4.76. The number of hydrogen-bond donors (Lipinski definition) is 1. The van der Waals surface area contributed by atoms with E-state index in [9.17, 15) is 19.1 Å². The van der Waals surface area contributed by atoms with Gasteiger partial charge in [-0.15, -0.1) is 0 Å². The number of nitrogens with zero attached hydrogens (tertiary/aromatic N) is 2. The lowest BCUT2D eigenvalue weighted by Gasteiger charge is -2.25. The summed E-state index contributed by atoms with van der Waals surface area (Å²) < 4.78 is 25.0. The Morgan fingerprint density at radius 1 is 1.12 bits per heavy atom. The number of furan rings is 1. The number of aromatic nitrogens is 1. The number of carbonyl (C=O) groups excluding carboxylic acids is 2. The molecule has 1 atom stereocenters. The van der Waals surface area contributed by atoms with Crippen LogP contribution in [0, 0.1) is 5.82 Å². The number of fused-ring (bicyclic) bond motifs is 1. The third-order valence-corrected chi connectivity index (χ3v) is 5.46. The van der Waals surface area contributed by atoms with Crippen molar-refractivity contribution in [3.8, 4) is 5.75 Å². The molecule has 3 heterocycles. The number of aliphatic hydroxyl groups excluding tert-OH is 1. The molecule has 1 aliphatic heterocycles. The normalized spacial score (nSPS) is 16.0. The molecule has 8 heteroatoms. The third-order valence-electron chi connectivity index (χ3n) is 5.46. The highest BCUT2D eigenvalue weighted by Gasteiger charge is 2.46.